The van der Waals surface area contributed by atoms with E-state index in [1.54, 1.807) is 42.5 Å². The van der Waals surface area contributed by atoms with E-state index in [9.17, 15) is 14.4 Å². The van der Waals surface area contributed by atoms with Crippen LogP contribution in [-0.2, 0) is 0 Å². The van der Waals surface area contributed by atoms with E-state index in [-0.39, 0.29) is 5.56 Å². The number of aromatic nitrogens is 1. The Labute approximate surface area is 136 Å². The van der Waals surface area contributed by atoms with Crippen LogP contribution in [0.2, 0.25) is 0 Å². The molecule has 0 unspecified atom stereocenters. The molecule has 2 amide bonds. The van der Waals surface area contributed by atoms with Crippen molar-refractivity contribution in [1.29, 1.82) is 0 Å². The number of nitrogens with zero attached hydrogens (tertiary/aromatic N) is 2. The maximum Gasteiger partial charge on any atom is 0.337 e. The van der Waals surface area contributed by atoms with Gasteiger partial charge in [-0.2, -0.15) is 0 Å². The number of hydrogen-bond donors (Lipinski definition) is 1. The van der Waals surface area contributed by atoms with E-state index in [0.717, 1.165) is 4.90 Å². The molecule has 1 aliphatic rings. The Kier molecular flexibility index (Phi) is 2.93. The van der Waals surface area contributed by atoms with Gasteiger partial charge in [0.15, 0.2) is 0 Å². The second-order valence-electron chi connectivity index (χ2n) is 5.36. The second-order valence-corrected chi connectivity index (χ2v) is 5.36. The Morgan fingerprint density at radius 3 is 2.25 bits per heavy atom. The number of benzene rings is 2. The van der Waals surface area contributed by atoms with Gasteiger partial charge in [-0.05, 0) is 30.3 Å². The molecule has 0 radical (unpaired) electrons. The summed E-state index contributed by atoms with van der Waals surface area (Å²) in [7, 11) is 0. The summed E-state index contributed by atoms with van der Waals surface area (Å²) in [4.78, 5) is 41.6. The van der Waals surface area contributed by atoms with Crippen LogP contribution < -0.4 is 4.90 Å². The summed E-state index contributed by atoms with van der Waals surface area (Å²) < 4.78 is 0. The highest BCUT2D eigenvalue weighted by molar-refractivity contribution is 6.36. The van der Waals surface area contributed by atoms with E-state index in [1.807, 2.05) is 0 Å². The molecule has 4 rings (SSSR count). The molecule has 0 bridgehead atoms. The summed E-state index contributed by atoms with van der Waals surface area (Å²) in [6.45, 7) is 0. The van der Waals surface area contributed by atoms with Crippen molar-refractivity contribution >= 4 is 34.4 Å². The van der Waals surface area contributed by atoms with Crippen molar-refractivity contribution in [3.63, 3.8) is 0 Å². The third-order valence-corrected chi connectivity index (χ3v) is 3.98. The highest BCUT2D eigenvalue weighted by Gasteiger charge is 2.37. The standard InChI is InChI=1S/C18H10N2O4/c21-16-11-4-1-2-5-12(11)17(22)20(16)15-7-3-6-14-13(15)8-10(9-19-14)18(23)24/h1-9H,(H,23,24). The largest absolute Gasteiger partial charge is 0.478 e. The molecule has 1 aliphatic heterocycles. The molecule has 6 heteroatoms. The van der Waals surface area contributed by atoms with Crippen LogP contribution in [0.4, 0.5) is 5.69 Å². The fourth-order valence-corrected chi connectivity index (χ4v) is 2.85. The van der Waals surface area contributed by atoms with Crippen LogP contribution in [0.15, 0.2) is 54.7 Å². The molecular weight excluding hydrogens is 308 g/mol. The van der Waals surface area contributed by atoms with Crippen molar-refractivity contribution < 1.29 is 19.5 Å². The number of carbonyl (C=O) groups excluding carboxylic acids is 2. The fourth-order valence-electron chi connectivity index (χ4n) is 2.85. The van der Waals surface area contributed by atoms with Gasteiger partial charge in [-0.25, -0.2) is 9.69 Å². The van der Waals surface area contributed by atoms with E-state index in [4.69, 9.17) is 5.11 Å². The van der Waals surface area contributed by atoms with Crippen molar-refractivity contribution in [3.8, 4) is 0 Å². The summed E-state index contributed by atoms with van der Waals surface area (Å²) >= 11 is 0. The van der Waals surface area contributed by atoms with Crippen LogP contribution in [0.3, 0.4) is 0 Å². The van der Waals surface area contributed by atoms with Gasteiger partial charge in [0.2, 0.25) is 0 Å². The summed E-state index contributed by atoms with van der Waals surface area (Å²) in [5.41, 5.74) is 1.50. The maximum atomic E-state index is 12.6. The van der Waals surface area contributed by atoms with Gasteiger partial charge in [-0.3, -0.25) is 14.6 Å². The van der Waals surface area contributed by atoms with E-state index < -0.39 is 17.8 Å². The first-order valence-corrected chi connectivity index (χ1v) is 7.18. The number of aromatic carboxylic acids is 1. The molecule has 116 valence electrons. The van der Waals surface area contributed by atoms with E-state index in [2.05, 4.69) is 4.98 Å². The van der Waals surface area contributed by atoms with Crippen molar-refractivity contribution in [2.24, 2.45) is 0 Å². The number of imide groups is 1. The lowest BCUT2D eigenvalue weighted by molar-refractivity contribution is 0.0696. The topological polar surface area (TPSA) is 87.6 Å². The zero-order valence-electron chi connectivity index (χ0n) is 12.3. The summed E-state index contributed by atoms with van der Waals surface area (Å²) in [6, 6.07) is 13.0. The third kappa shape index (κ3) is 1.90. The van der Waals surface area contributed by atoms with Crippen molar-refractivity contribution in [2.45, 2.75) is 0 Å². The Hall–Kier alpha value is -3.54. The van der Waals surface area contributed by atoms with Crippen molar-refractivity contribution in [3.05, 3.63) is 71.4 Å². The molecule has 0 aliphatic carbocycles. The first-order valence-electron chi connectivity index (χ1n) is 7.18. The number of carbonyl (C=O) groups is 3. The number of hydrogen-bond acceptors (Lipinski definition) is 4. The SMILES string of the molecule is O=C(O)c1cnc2cccc(N3C(=O)c4ccccc4C3=O)c2c1. The number of fused-ring (bicyclic) bond motifs is 2. The number of pyridine rings is 1. The Balaban J connectivity index is 1.95. The Bertz CT molecular complexity index is 1010. The highest BCUT2D eigenvalue weighted by atomic mass is 16.4. The molecular formula is C18H10N2O4. The number of carboxylic acid groups (broad SMARTS) is 1. The zero-order chi connectivity index (χ0) is 16.8. The average Bonchev–Trinajstić information content (AvgIpc) is 2.85. The first-order chi connectivity index (χ1) is 11.6. The number of carboxylic acids is 1. The Morgan fingerprint density at radius 2 is 1.62 bits per heavy atom. The van der Waals surface area contributed by atoms with E-state index >= 15 is 0 Å². The summed E-state index contributed by atoms with van der Waals surface area (Å²) in [6.07, 6.45) is 1.25. The average molecular weight is 318 g/mol. The number of anilines is 1. The third-order valence-electron chi connectivity index (χ3n) is 3.98. The highest BCUT2D eigenvalue weighted by Crippen LogP contribution is 2.33. The molecule has 3 aromatic rings. The quantitative estimate of drug-likeness (QED) is 0.734. The molecule has 1 N–H and O–H groups in total. The summed E-state index contributed by atoms with van der Waals surface area (Å²) in [5.74, 6) is -1.98. The van der Waals surface area contributed by atoms with Gasteiger partial charge in [0, 0.05) is 11.6 Å². The van der Waals surface area contributed by atoms with Gasteiger partial charge in [-0.15, -0.1) is 0 Å². The molecule has 0 fully saturated rings. The predicted octanol–water partition coefficient (Wildman–Crippen LogP) is 2.73. The molecule has 0 saturated heterocycles. The van der Waals surface area contributed by atoms with Gasteiger partial charge >= 0.3 is 5.97 Å². The lowest BCUT2D eigenvalue weighted by Gasteiger charge is -2.16. The number of amides is 2. The van der Waals surface area contributed by atoms with E-state index in [0.29, 0.717) is 27.7 Å². The smallest absolute Gasteiger partial charge is 0.337 e. The maximum absolute atomic E-state index is 12.6. The summed E-state index contributed by atoms with van der Waals surface area (Å²) in [5, 5.41) is 9.60. The normalized spacial score (nSPS) is 13.4. The number of rotatable bonds is 2. The van der Waals surface area contributed by atoms with Gasteiger partial charge in [-0.1, -0.05) is 18.2 Å². The molecule has 2 heterocycles. The van der Waals surface area contributed by atoms with Crippen LogP contribution in [-0.4, -0.2) is 27.9 Å². The molecule has 1 aromatic heterocycles. The van der Waals surface area contributed by atoms with Gasteiger partial charge in [0.25, 0.3) is 11.8 Å². The van der Waals surface area contributed by atoms with Crippen LogP contribution in [0.5, 0.6) is 0 Å². The molecule has 24 heavy (non-hydrogen) atoms. The van der Waals surface area contributed by atoms with E-state index in [1.165, 1.54) is 12.3 Å². The van der Waals surface area contributed by atoms with Crippen LogP contribution in [0.25, 0.3) is 10.9 Å². The van der Waals surface area contributed by atoms with Gasteiger partial charge < -0.3 is 5.11 Å². The fraction of sp³-hybridized carbons (Fsp3) is 0. The van der Waals surface area contributed by atoms with Gasteiger partial charge in [0.05, 0.1) is 27.9 Å². The lowest BCUT2D eigenvalue weighted by atomic mass is 10.1. The van der Waals surface area contributed by atoms with Crippen molar-refractivity contribution in [2.75, 3.05) is 4.90 Å². The van der Waals surface area contributed by atoms with Gasteiger partial charge in [0.1, 0.15) is 0 Å². The molecule has 0 saturated carbocycles. The minimum atomic E-state index is -1.12. The first kappa shape index (κ1) is 14.1. The second kappa shape index (κ2) is 4.99. The molecule has 6 nitrogen and oxygen atoms in total. The zero-order valence-corrected chi connectivity index (χ0v) is 12.3. The van der Waals surface area contributed by atoms with Crippen molar-refractivity contribution in [1.82, 2.24) is 4.98 Å². The van der Waals surface area contributed by atoms with Crippen LogP contribution >= 0.6 is 0 Å². The van der Waals surface area contributed by atoms with Crippen LogP contribution in [0.1, 0.15) is 31.1 Å². The molecule has 2 aromatic carbocycles. The minimum Gasteiger partial charge on any atom is -0.478 e. The van der Waals surface area contributed by atoms with Crippen LogP contribution in [0, 0.1) is 0 Å². The lowest BCUT2D eigenvalue weighted by Crippen LogP contribution is -2.29. The molecule has 0 atom stereocenters. The monoisotopic (exact) mass is 318 g/mol. The minimum absolute atomic E-state index is 0.00782. The molecule has 0 spiro atoms. The predicted molar refractivity (Wildman–Crippen MR) is 86.3 cm³/mol. The Morgan fingerprint density at radius 1 is 0.958 bits per heavy atom.